The fourth-order valence-electron chi connectivity index (χ4n) is 3.50. The second-order valence-electron chi connectivity index (χ2n) is 6.35. The Bertz CT molecular complexity index is 961. The van der Waals surface area contributed by atoms with E-state index in [-0.39, 0.29) is 0 Å². The van der Waals surface area contributed by atoms with Crippen molar-refractivity contribution >= 4 is 27.5 Å². The summed E-state index contributed by atoms with van der Waals surface area (Å²) in [6.07, 6.45) is 2.01. The van der Waals surface area contributed by atoms with Gasteiger partial charge in [-0.05, 0) is 36.5 Å². The molecule has 4 rings (SSSR count). The van der Waals surface area contributed by atoms with Crippen LogP contribution in [0.4, 0.5) is 0 Å². The predicted molar refractivity (Wildman–Crippen MR) is 103 cm³/mol. The molecule has 0 aliphatic carbocycles. The Hall–Kier alpha value is -2.44. The van der Waals surface area contributed by atoms with E-state index in [4.69, 9.17) is 20.2 Å². The maximum atomic E-state index is 11.8. The number of nitrogens with two attached hydrogens (primary N) is 1. The molecule has 2 heterocycles. The predicted octanol–water partition coefficient (Wildman–Crippen LogP) is 3.96. The first-order valence-corrected chi connectivity index (χ1v) is 9.45. The number of primary amides is 1. The van der Waals surface area contributed by atoms with Crippen molar-refractivity contribution in [2.24, 2.45) is 5.73 Å². The number of rotatable bonds is 4. The molecule has 1 saturated heterocycles. The van der Waals surface area contributed by atoms with Crippen molar-refractivity contribution in [2.45, 2.75) is 18.8 Å². The Morgan fingerprint density at radius 3 is 2.73 bits per heavy atom. The monoisotopic (exact) mass is 368 g/mol. The van der Waals surface area contributed by atoms with Crippen LogP contribution in [0.5, 0.6) is 5.75 Å². The summed E-state index contributed by atoms with van der Waals surface area (Å²) < 4.78 is 12.1. The second-order valence-corrected chi connectivity index (χ2v) is 7.35. The van der Waals surface area contributed by atoms with Crippen LogP contribution in [0.3, 0.4) is 0 Å². The number of hydrogen-bond acceptors (Lipinski definition) is 5. The van der Waals surface area contributed by atoms with Crippen LogP contribution in [0, 0.1) is 0 Å². The van der Waals surface area contributed by atoms with Gasteiger partial charge >= 0.3 is 0 Å². The van der Waals surface area contributed by atoms with E-state index in [0.29, 0.717) is 11.5 Å². The van der Waals surface area contributed by atoms with Gasteiger partial charge in [-0.1, -0.05) is 24.3 Å². The number of amides is 1. The molecule has 0 saturated carbocycles. The largest absolute Gasteiger partial charge is 0.494 e. The first-order chi connectivity index (χ1) is 12.7. The topological polar surface area (TPSA) is 74.4 Å². The van der Waals surface area contributed by atoms with Crippen molar-refractivity contribution in [2.75, 3.05) is 20.3 Å². The number of carbonyl (C=O) groups is 1. The molecule has 26 heavy (non-hydrogen) atoms. The highest BCUT2D eigenvalue weighted by atomic mass is 32.1. The van der Waals surface area contributed by atoms with E-state index in [1.54, 1.807) is 24.5 Å². The van der Waals surface area contributed by atoms with Gasteiger partial charge in [0.05, 0.1) is 11.8 Å². The van der Waals surface area contributed by atoms with Crippen LogP contribution in [-0.2, 0) is 4.74 Å². The minimum atomic E-state index is -0.448. The minimum absolute atomic E-state index is 0.448. The van der Waals surface area contributed by atoms with Gasteiger partial charge in [-0.25, -0.2) is 4.98 Å². The van der Waals surface area contributed by atoms with Crippen LogP contribution >= 0.6 is 11.3 Å². The fraction of sp³-hybridized carbons (Fsp3) is 0.300. The standard InChI is InChI=1S/C20H20N2O3S/c1-24-16-7-6-13(12-8-10-25-11-9-12)18-17(16)22-20(26-18)15-5-3-2-4-14(15)19(21)23/h2-7,12H,8-11H2,1H3,(H2,21,23). The van der Waals surface area contributed by atoms with Crippen molar-refractivity contribution in [3.63, 3.8) is 0 Å². The Labute approximate surface area is 155 Å². The lowest BCUT2D eigenvalue weighted by atomic mass is 9.91. The van der Waals surface area contributed by atoms with Gasteiger partial charge in [-0.2, -0.15) is 0 Å². The van der Waals surface area contributed by atoms with E-state index in [1.165, 1.54) is 5.56 Å². The molecule has 5 nitrogen and oxygen atoms in total. The molecular formula is C20H20N2O3S. The van der Waals surface area contributed by atoms with Crippen LogP contribution in [0.2, 0.25) is 0 Å². The zero-order chi connectivity index (χ0) is 18.1. The minimum Gasteiger partial charge on any atom is -0.494 e. The summed E-state index contributed by atoms with van der Waals surface area (Å²) >= 11 is 1.59. The van der Waals surface area contributed by atoms with Crippen molar-refractivity contribution in [3.8, 4) is 16.3 Å². The average molecular weight is 368 g/mol. The third kappa shape index (κ3) is 2.95. The van der Waals surface area contributed by atoms with E-state index in [0.717, 1.165) is 52.6 Å². The summed E-state index contributed by atoms with van der Waals surface area (Å²) in [5.41, 5.74) is 8.92. The summed E-state index contributed by atoms with van der Waals surface area (Å²) in [6, 6.07) is 11.4. The number of aromatic nitrogens is 1. The highest BCUT2D eigenvalue weighted by molar-refractivity contribution is 7.22. The lowest BCUT2D eigenvalue weighted by Crippen LogP contribution is -2.14. The molecule has 0 atom stereocenters. The number of carbonyl (C=O) groups excluding carboxylic acids is 1. The van der Waals surface area contributed by atoms with E-state index in [9.17, 15) is 4.79 Å². The van der Waals surface area contributed by atoms with E-state index < -0.39 is 5.91 Å². The Kier molecular flexibility index (Phi) is 4.61. The van der Waals surface area contributed by atoms with Gasteiger partial charge in [0.25, 0.3) is 0 Å². The summed E-state index contributed by atoms with van der Waals surface area (Å²) in [7, 11) is 1.65. The van der Waals surface area contributed by atoms with Gasteiger partial charge < -0.3 is 15.2 Å². The van der Waals surface area contributed by atoms with Gasteiger partial charge in [0.15, 0.2) is 0 Å². The number of benzene rings is 2. The van der Waals surface area contributed by atoms with Gasteiger partial charge in [-0.15, -0.1) is 11.3 Å². The SMILES string of the molecule is COc1ccc(C2CCOCC2)c2sc(-c3ccccc3C(N)=O)nc12. The van der Waals surface area contributed by atoms with Crippen LogP contribution in [0.25, 0.3) is 20.8 Å². The number of methoxy groups -OCH3 is 1. The lowest BCUT2D eigenvalue weighted by molar-refractivity contribution is 0.0856. The van der Waals surface area contributed by atoms with Gasteiger partial charge in [0.2, 0.25) is 5.91 Å². The van der Waals surface area contributed by atoms with Gasteiger partial charge in [0, 0.05) is 24.3 Å². The third-order valence-electron chi connectivity index (χ3n) is 4.84. The number of hydrogen-bond donors (Lipinski definition) is 1. The molecule has 1 amide bonds. The molecular weight excluding hydrogens is 348 g/mol. The Morgan fingerprint density at radius 2 is 2.00 bits per heavy atom. The average Bonchev–Trinajstić information content (AvgIpc) is 3.13. The van der Waals surface area contributed by atoms with Crippen molar-refractivity contribution < 1.29 is 14.3 Å². The molecule has 3 aromatic rings. The molecule has 2 aromatic carbocycles. The summed E-state index contributed by atoms with van der Waals surface area (Å²) in [5, 5.41) is 0.784. The Balaban J connectivity index is 1.89. The molecule has 2 N–H and O–H groups in total. The molecule has 0 unspecified atom stereocenters. The highest BCUT2D eigenvalue weighted by Crippen LogP contribution is 2.42. The fourth-order valence-corrected chi connectivity index (χ4v) is 4.71. The second kappa shape index (κ2) is 7.05. The van der Waals surface area contributed by atoms with Crippen molar-refractivity contribution in [1.29, 1.82) is 0 Å². The maximum Gasteiger partial charge on any atom is 0.249 e. The normalized spacial score (nSPS) is 15.3. The first kappa shape index (κ1) is 17.0. The molecule has 6 heteroatoms. The van der Waals surface area contributed by atoms with Crippen LogP contribution < -0.4 is 10.5 Å². The summed E-state index contributed by atoms with van der Waals surface area (Å²) in [5.74, 6) is 0.753. The van der Waals surface area contributed by atoms with Gasteiger partial charge in [-0.3, -0.25) is 4.79 Å². The summed E-state index contributed by atoms with van der Waals surface area (Å²) in [6.45, 7) is 1.57. The van der Waals surface area contributed by atoms with E-state index in [1.807, 2.05) is 24.3 Å². The molecule has 1 aliphatic rings. The number of ether oxygens (including phenoxy) is 2. The maximum absolute atomic E-state index is 11.8. The zero-order valence-electron chi connectivity index (χ0n) is 14.5. The highest BCUT2D eigenvalue weighted by Gasteiger charge is 2.23. The molecule has 1 aliphatic heterocycles. The first-order valence-electron chi connectivity index (χ1n) is 8.63. The third-order valence-corrected chi connectivity index (χ3v) is 5.98. The molecule has 1 aromatic heterocycles. The smallest absolute Gasteiger partial charge is 0.249 e. The van der Waals surface area contributed by atoms with Crippen molar-refractivity contribution in [1.82, 2.24) is 4.98 Å². The van der Waals surface area contributed by atoms with Crippen molar-refractivity contribution in [3.05, 3.63) is 47.5 Å². The van der Waals surface area contributed by atoms with Crippen LogP contribution in [0.1, 0.15) is 34.7 Å². The van der Waals surface area contributed by atoms with E-state index in [2.05, 4.69) is 6.07 Å². The van der Waals surface area contributed by atoms with Crippen LogP contribution in [0.15, 0.2) is 36.4 Å². The molecule has 0 radical (unpaired) electrons. The Morgan fingerprint density at radius 1 is 1.23 bits per heavy atom. The van der Waals surface area contributed by atoms with Crippen LogP contribution in [-0.4, -0.2) is 31.2 Å². The quantitative estimate of drug-likeness (QED) is 0.756. The molecule has 0 spiro atoms. The number of thiazole rings is 1. The van der Waals surface area contributed by atoms with Gasteiger partial charge in [0.1, 0.15) is 16.3 Å². The molecule has 0 bridgehead atoms. The number of nitrogens with zero attached hydrogens (tertiary/aromatic N) is 1. The summed E-state index contributed by atoms with van der Waals surface area (Å²) in [4.78, 5) is 16.6. The number of fused-ring (bicyclic) bond motifs is 1. The molecule has 1 fully saturated rings. The lowest BCUT2D eigenvalue weighted by Gasteiger charge is -2.23. The molecule has 134 valence electrons. The van der Waals surface area contributed by atoms with E-state index >= 15 is 0 Å². The zero-order valence-corrected chi connectivity index (χ0v) is 15.3.